The van der Waals surface area contributed by atoms with Crippen LogP contribution in [0.2, 0.25) is 0 Å². The van der Waals surface area contributed by atoms with Crippen LogP contribution < -0.4 is 5.32 Å². The lowest BCUT2D eigenvalue weighted by molar-refractivity contribution is -0.0897. The molecule has 4 heteroatoms. The quantitative estimate of drug-likeness (QED) is 0.655. The highest BCUT2D eigenvalue weighted by Gasteiger charge is 2.35. The fourth-order valence-electron chi connectivity index (χ4n) is 0.900. The van der Waals surface area contributed by atoms with Gasteiger partial charge in [0, 0.05) is 7.05 Å². The van der Waals surface area contributed by atoms with Crippen molar-refractivity contribution in [2.24, 2.45) is 0 Å². The first-order valence-corrected chi connectivity index (χ1v) is 5.46. The first-order valence-electron chi connectivity index (χ1n) is 5.46. The van der Waals surface area contributed by atoms with Crippen molar-refractivity contribution in [1.29, 1.82) is 0 Å². The van der Waals surface area contributed by atoms with Gasteiger partial charge in [0.1, 0.15) is 0 Å². The topological polar surface area (TPSA) is 41.5 Å². The summed E-state index contributed by atoms with van der Waals surface area (Å²) in [5.74, 6) is 0. The molecule has 0 bridgehead atoms. The van der Waals surface area contributed by atoms with Crippen LogP contribution in [0.25, 0.3) is 0 Å². The summed E-state index contributed by atoms with van der Waals surface area (Å²) in [7, 11) is 2.42. The minimum atomic E-state index is -0.842. The minimum Gasteiger partial charge on any atom is -0.427 e. The van der Waals surface area contributed by atoms with Crippen LogP contribution in [0.1, 0.15) is 41.0 Å². The number of hydrogen-bond donors (Lipinski definition) is 2. The molecule has 0 spiro atoms. The second-order valence-electron chi connectivity index (χ2n) is 4.80. The van der Waals surface area contributed by atoms with Crippen LogP contribution in [0.15, 0.2) is 11.7 Å². The number of rotatable bonds is 6. The van der Waals surface area contributed by atoms with Crippen LogP contribution in [0, 0.1) is 0 Å². The SMILES string of the molecule is CC/C(BOC(C)(C)C(C)(C)O)=C\NC. The first-order chi connectivity index (χ1) is 6.74. The second kappa shape index (κ2) is 5.57. The molecule has 0 aliphatic carbocycles. The highest BCUT2D eigenvalue weighted by molar-refractivity contribution is 6.38. The van der Waals surface area contributed by atoms with Gasteiger partial charge in [0.25, 0.3) is 0 Å². The standard InChI is InChI=1S/C11H24BNO2/c1-7-9(8-13-6)12-15-11(4,5)10(2,3)14/h8,12-14H,7H2,1-6H3/b9-8+. The molecule has 2 N–H and O–H groups in total. The molecule has 15 heavy (non-hydrogen) atoms. The molecule has 0 fully saturated rings. The maximum atomic E-state index is 9.90. The van der Waals surface area contributed by atoms with E-state index in [9.17, 15) is 5.11 Å². The Morgan fingerprint density at radius 3 is 2.27 bits per heavy atom. The zero-order chi connectivity index (χ0) is 12.1. The molecule has 88 valence electrons. The van der Waals surface area contributed by atoms with E-state index < -0.39 is 11.2 Å². The van der Waals surface area contributed by atoms with E-state index in [1.54, 1.807) is 13.8 Å². The van der Waals surface area contributed by atoms with Crippen molar-refractivity contribution in [3.8, 4) is 0 Å². The van der Waals surface area contributed by atoms with Crippen molar-refractivity contribution >= 4 is 7.48 Å². The molecule has 0 aliphatic heterocycles. The van der Waals surface area contributed by atoms with Crippen molar-refractivity contribution in [3.63, 3.8) is 0 Å². The Hall–Kier alpha value is -0.475. The van der Waals surface area contributed by atoms with E-state index >= 15 is 0 Å². The van der Waals surface area contributed by atoms with Gasteiger partial charge >= 0.3 is 7.48 Å². The van der Waals surface area contributed by atoms with E-state index in [4.69, 9.17) is 4.65 Å². The summed E-state index contributed by atoms with van der Waals surface area (Å²) in [6.07, 6.45) is 2.89. The van der Waals surface area contributed by atoms with Gasteiger partial charge in [-0.25, -0.2) is 0 Å². The van der Waals surface area contributed by atoms with Gasteiger partial charge < -0.3 is 15.1 Å². The maximum Gasteiger partial charge on any atom is 0.306 e. The van der Waals surface area contributed by atoms with Gasteiger partial charge in [-0.1, -0.05) is 12.4 Å². The van der Waals surface area contributed by atoms with Gasteiger partial charge in [-0.15, -0.1) is 0 Å². The Balaban J connectivity index is 4.31. The van der Waals surface area contributed by atoms with Crippen LogP contribution in [0.4, 0.5) is 0 Å². The third kappa shape index (κ3) is 4.71. The Morgan fingerprint density at radius 2 is 1.93 bits per heavy atom. The van der Waals surface area contributed by atoms with Crippen LogP contribution in [-0.4, -0.2) is 30.8 Å². The van der Waals surface area contributed by atoms with E-state index in [1.165, 1.54) is 5.47 Å². The molecule has 0 saturated heterocycles. The molecular formula is C11H24BNO2. The molecule has 0 unspecified atom stereocenters. The van der Waals surface area contributed by atoms with Gasteiger partial charge in [-0.3, -0.25) is 0 Å². The molecule has 0 aromatic heterocycles. The summed E-state index contributed by atoms with van der Waals surface area (Å²) in [4.78, 5) is 0. The van der Waals surface area contributed by atoms with E-state index in [-0.39, 0.29) is 0 Å². The highest BCUT2D eigenvalue weighted by Crippen LogP contribution is 2.25. The molecule has 0 saturated carbocycles. The molecule has 0 amide bonds. The van der Waals surface area contributed by atoms with Gasteiger partial charge in [-0.05, 0) is 40.3 Å². The van der Waals surface area contributed by atoms with Crippen LogP contribution >= 0.6 is 0 Å². The normalized spacial score (nSPS) is 13.9. The lowest BCUT2D eigenvalue weighted by Gasteiger charge is -2.37. The van der Waals surface area contributed by atoms with Crippen molar-refractivity contribution in [3.05, 3.63) is 11.7 Å². The van der Waals surface area contributed by atoms with Crippen molar-refractivity contribution < 1.29 is 9.76 Å². The Labute approximate surface area is 94.2 Å². The van der Waals surface area contributed by atoms with Gasteiger partial charge in [0.05, 0.1) is 11.2 Å². The molecule has 0 radical (unpaired) electrons. The van der Waals surface area contributed by atoms with Crippen molar-refractivity contribution in [2.45, 2.75) is 52.2 Å². The average Bonchev–Trinajstić information content (AvgIpc) is 2.10. The smallest absolute Gasteiger partial charge is 0.306 e. The Bertz CT molecular complexity index is 219. The van der Waals surface area contributed by atoms with Crippen molar-refractivity contribution in [1.82, 2.24) is 5.32 Å². The lowest BCUT2D eigenvalue weighted by Crippen LogP contribution is -2.48. The van der Waals surface area contributed by atoms with Gasteiger partial charge in [0.2, 0.25) is 0 Å². The minimum absolute atomic E-state index is 0.547. The maximum absolute atomic E-state index is 9.90. The number of aliphatic hydroxyl groups is 1. The molecule has 0 rings (SSSR count). The number of hydrogen-bond acceptors (Lipinski definition) is 3. The van der Waals surface area contributed by atoms with Crippen LogP contribution in [0.5, 0.6) is 0 Å². The summed E-state index contributed by atoms with van der Waals surface area (Å²) in [5.41, 5.74) is -0.199. The molecule has 0 aliphatic rings. The largest absolute Gasteiger partial charge is 0.427 e. The number of nitrogens with one attached hydrogen (secondary N) is 1. The predicted octanol–water partition coefficient (Wildman–Crippen LogP) is 1.37. The predicted molar refractivity (Wildman–Crippen MR) is 66.0 cm³/mol. The zero-order valence-corrected chi connectivity index (χ0v) is 10.8. The summed E-state index contributed by atoms with van der Waals surface area (Å²) in [5, 5.41) is 12.9. The lowest BCUT2D eigenvalue weighted by atomic mass is 9.81. The monoisotopic (exact) mass is 213 g/mol. The second-order valence-corrected chi connectivity index (χ2v) is 4.80. The zero-order valence-electron chi connectivity index (χ0n) is 10.8. The third-order valence-corrected chi connectivity index (χ3v) is 2.89. The first kappa shape index (κ1) is 14.5. The van der Waals surface area contributed by atoms with E-state index in [1.807, 2.05) is 27.1 Å². The molecule has 0 aromatic rings. The Kier molecular flexibility index (Phi) is 5.39. The fourth-order valence-corrected chi connectivity index (χ4v) is 0.900. The summed E-state index contributed by atoms with van der Waals surface area (Å²) in [6, 6.07) is 0. The van der Waals surface area contributed by atoms with Gasteiger partial charge in [-0.2, -0.15) is 0 Å². The van der Waals surface area contributed by atoms with Gasteiger partial charge in [0.15, 0.2) is 0 Å². The van der Waals surface area contributed by atoms with E-state index in [2.05, 4.69) is 12.2 Å². The molecule has 0 aromatic carbocycles. The molecule has 0 atom stereocenters. The summed E-state index contributed by atoms with van der Waals surface area (Å²) >= 11 is 0. The summed E-state index contributed by atoms with van der Waals surface area (Å²) < 4.78 is 5.74. The fraction of sp³-hybridized carbons (Fsp3) is 0.818. The molecule has 0 heterocycles. The van der Waals surface area contributed by atoms with E-state index in [0.29, 0.717) is 7.48 Å². The average molecular weight is 213 g/mol. The number of allylic oxidation sites excluding steroid dienone is 1. The highest BCUT2D eigenvalue weighted by atomic mass is 16.5. The third-order valence-electron chi connectivity index (χ3n) is 2.89. The van der Waals surface area contributed by atoms with Crippen LogP contribution in [-0.2, 0) is 4.65 Å². The van der Waals surface area contributed by atoms with Crippen molar-refractivity contribution in [2.75, 3.05) is 7.05 Å². The van der Waals surface area contributed by atoms with E-state index in [0.717, 1.165) is 6.42 Å². The summed E-state index contributed by atoms with van der Waals surface area (Å²) in [6.45, 7) is 9.42. The Morgan fingerprint density at radius 1 is 1.40 bits per heavy atom. The molecule has 3 nitrogen and oxygen atoms in total. The molecular weight excluding hydrogens is 189 g/mol. The van der Waals surface area contributed by atoms with Crippen LogP contribution in [0.3, 0.4) is 0 Å².